The summed E-state index contributed by atoms with van der Waals surface area (Å²) in [6, 6.07) is 0. The molecular weight excluding hydrogens is 420 g/mol. The van der Waals surface area contributed by atoms with Crippen molar-refractivity contribution in [1.82, 2.24) is 10.9 Å². The summed E-state index contributed by atoms with van der Waals surface area (Å²) in [6.07, 6.45) is 1.49. The molecule has 2 N–H and O–H groups in total. The third-order valence-corrected chi connectivity index (χ3v) is 7.35. The van der Waals surface area contributed by atoms with E-state index in [1.54, 1.807) is 0 Å². The van der Waals surface area contributed by atoms with E-state index in [0.29, 0.717) is 6.42 Å². The minimum absolute atomic E-state index is 0.147. The van der Waals surface area contributed by atoms with Crippen LogP contribution in [0.4, 0.5) is 0 Å². The molecule has 3 atom stereocenters. The zero-order chi connectivity index (χ0) is 13.1. The number of alkyl halides is 3. The highest BCUT2D eigenvalue weighted by Gasteiger charge is 2.67. The van der Waals surface area contributed by atoms with Gasteiger partial charge in [0.15, 0.2) is 0 Å². The highest BCUT2D eigenvalue weighted by atomic mass is 79.9. The SMILES string of the molecule is C[C@@]1(C(=O)NNC(=O)[C@@]2(C)CC2(Br)Br)C[C@@H]1Br. The van der Waals surface area contributed by atoms with Crippen LogP contribution in [0.3, 0.4) is 0 Å². The van der Waals surface area contributed by atoms with E-state index in [2.05, 4.69) is 58.6 Å². The van der Waals surface area contributed by atoms with Gasteiger partial charge in [-0.15, -0.1) is 0 Å². The molecular formula is C10H13Br3N2O2. The van der Waals surface area contributed by atoms with E-state index in [1.807, 2.05) is 13.8 Å². The second-order valence-corrected chi connectivity index (χ2v) is 10.1. The van der Waals surface area contributed by atoms with E-state index in [9.17, 15) is 9.59 Å². The van der Waals surface area contributed by atoms with E-state index in [-0.39, 0.29) is 19.9 Å². The summed E-state index contributed by atoms with van der Waals surface area (Å²) in [5, 5.41) is 0. The van der Waals surface area contributed by atoms with Gasteiger partial charge in [0.05, 0.1) is 14.1 Å². The average molecular weight is 433 g/mol. The van der Waals surface area contributed by atoms with Crippen molar-refractivity contribution in [3.05, 3.63) is 0 Å². The molecule has 17 heavy (non-hydrogen) atoms. The van der Waals surface area contributed by atoms with Gasteiger partial charge in [0.1, 0.15) is 0 Å². The summed E-state index contributed by atoms with van der Waals surface area (Å²) in [7, 11) is 0. The van der Waals surface area contributed by atoms with Crippen LogP contribution < -0.4 is 10.9 Å². The van der Waals surface area contributed by atoms with Gasteiger partial charge in [-0.3, -0.25) is 20.4 Å². The Balaban J connectivity index is 1.84. The molecule has 7 heteroatoms. The van der Waals surface area contributed by atoms with Crippen molar-refractivity contribution in [1.29, 1.82) is 0 Å². The van der Waals surface area contributed by atoms with Crippen LogP contribution in [0.25, 0.3) is 0 Å². The van der Waals surface area contributed by atoms with Crippen molar-refractivity contribution in [3.63, 3.8) is 0 Å². The summed E-state index contributed by atoms with van der Waals surface area (Å²) in [5.41, 5.74) is 4.07. The lowest BCUT2D eigenvalue weighted by Gasteiger charge is -2.15. The Morgan fingerprint density at radius 3 is 1.94 bits per heavy atom. The normalized spacial score (nSPS) is 41.6. The molecule has 2 aliphatic carbocycles. The monoisotopic (exact) mass is 430 g/mol. The summed E-state index contributed by atoms with van der Waals surface area (Å²) in [6.45, 7) is 3.70. The lowest BCUT2D eigenvalue weighted by Crippen LogP contribution is -2.48. The number of hydrazine groups is 1. The maximum atomic E-state index is 11.9. The van der Waals surface area contributed by atoms with Crippen molar-refractivity contribution in [2.45, 2.75) is 34.7 Å². The number of halogens is 3. The quantitative estimate of drug-likeness (QED) is 0.519. The predicted octanol–water partition coefficient (Wildman–Crippen LogP) is 2.20. The van der Waals surface area contributed by atoms with Crippen LogP contribution >= 0.6 is 47.8 Å². The first-order valence-corrected chi connectivity index (χ1v) is 7.76. The van der Waals surface area contributed by atoms with Gasteiger partial charge in [-0.05, 0) is 26.7 Å². The van der Waals surface area contributed by atoms with Crippen LogP contribution in [0.2, 0.25) is 0 Å². The minimum atomic E-state index is -0.515. The highest BCUT2D eigenvalue weighted by molar-refractivity contribution is 9.25. The minimum Gasteiger partial charge on any atom is -0.273 e. The van der Waals surface area contributed by atoms with Crippen molar-refractivity contribution in [2.75, 3.05) is 0 Å². The van der Waals surface area contributed by atoms with Crippen LogP contribution in [0, 0.1) is 10.8 Å². The summed E-state index contributed by atoms with van der Waals surface area (Å²) < 4.78 is -0.344. The third kappa shape index (κ3) is 2.18. The van der Waals surface area contributed by atoms with E-state index >= 15 is 0 Å². The number of carbonyl (C=O) groups is 2. The van der Waals surface area contributed by atoms with Gasteiger partial charge < -0.3 is 0 Å². The van der Waals surface area contributed by atoms with Gasteiger partial charge in [0.25, 0.3) is 0 Å². The molecule has 2 fully saturated rings. The number of rotatable bonds is 2. The fourth-order valence-corrected chi connectivity index (χ4v) is 3.95. The molecule has 0 aromatic rings. The maximum absolute atomic E-state index is 11.9. The summed E-state index contributed by atoms with van der Waals surface area (Å²) in [4.78, 5) is 23.9. The number of hydrogen-bond acceptors (Lipinski definition) is 2. The van der Waals surface area contributed by atoms with Crippen LogP contribution in [0.15, 0.2) is 0 Å². The number of carbonyl (C=O) groups excluding carboxylic acids is 2. The molecule has 2 aliphatic rings. The Morgan fingerprint density at radius 1 is 1.18 bits per heavy atom. The van der Waals surface area contributed by atoms with E-state index in [0.717, 1.165) is 6.42 Å². The molecule has 0 radical (unpaired) electrons. The molecule has 0 bridgehead atoms. The highest BCUT2D eigenvalue weighted by Crippen LogP contribution is 2.66. The van der Waals surface area contributed by atoms with Gasteiger partial charge in [-0.25, -0.2) is 0 Å². The molecule has 0 saturated heterocycles. The first-order valence-electron chi connectivity index (χ1n) is 5.26. The van der Waals surface area contributed by atoms with Crippen molar-refractivity contribution in [3.8, 4) is 0 Å². The maximum Gasteiger partial charge on any atom is 0.246 e. The molecule has 0 aromatic carbocycles. The number of nitrogens with one attached hydrogen (secondary N) is 2. The largest absolute Gasteiger partial charge is 0.273 e. The Labute approximate surface area is 125 Å². The van der Waals surface area contributed by atoms with Crippen LogP contribution in [-0.4, -0.2) is 19.9 Å². The lowest BCUT2D eigenvalue weighted by molar-refractivity contribution is -0.133. The third-order valence-electron chi connectivity index (χ3n) is 3.70. The molecule has 0 aromatic heterocycles. The molecule has 2 amide bonds. The molecule has 96 valence electrons. The molecule has 0 spiro atoms. The molecule has 0 aliphatic heterocycles. The zero-order valence-corrected chi connectivity index (χ0v) is 14.2. The van der Waals surface area contributed by atoms with Gasteiger partial charge >= 0.3 is 0 Å². The van der Waals surface area contributed by atoms with Gasteiger partial charge in [-0.1, -0.05) is 47.8 Å². The van der Waals surface area contributed by atoms with Crippen LogP contribution in [-0.2, 0) is 9.59 Å². The fourth-order valence-electron chi connectivity index (χ4n) is 1.59. The molecule has 2 rings (SSSR count). The first-order chi connectivity index (χ1) is 7.63. The Hall–Kier alpha value is 0.380. The fraction of sp³-hybridized carbons (Fsp3) is 0.800. The zero-order valence-electron chi connectivity index (χ0n) is 9.44. The van der Waals surface area contributed by atoms with Gasteiger partial charge in [0, 0.05) is 4.83 Å². The first kappa shape index (κ1) is 13.8. The van der Waals surface area contributed by atoms with Gasteiger partial charge in [-0.2, -0.15) is 0 Å². The van der Waals surface area contributed by atoms with E-state index < -0.39 is 10.8 Å². The topological polar surface area (TPSA) is 58.2 Å². The lowest BCUT2D eigenvalue weighted by atomic mass is 10.1. The second-order valence-electron chi connectivity index (χ2n) is 5.21. The van der Waals surface area contributed by atoms with E-state index in [4.69, 9.17) is 0 Å². The Kier molecular flexibility index (Phi) is 3.19. The Morgan fingerprint density at radius 2 is 1.59 bits per heavy atom. The molecule has 2 saturated carbocycles. The molecule has 4 nitrogen and oxygen atoms in total. The van der Waals surface area contributed by atoms with Crippen molar-refractivity contribution >= 4 is 59.6 Å². The Bertz CT molecular complexity index is 401. The molecule has 0 unspecified atom stereocenters. The summed E-state index contributed by atoms with van der Waals surface area (Å²) >= 11 is 10.2. The predicted molar refractivity (Wildman–Crippen MR) is 75.0 cm³/mol. The van der Waals surface area contributed by atoms with Crippen LogP contribution in [0.1, 0.15) is 26.7 Å². The number of amides is 2. The van der Waals surface area contributed by atoms with Crippen molar-refractivity contribution in [2.24, 2.45) is 10.8 Å². The van der Waals surface area contributed by atoms with Crippen molar-refractivity contribution < 1.29 is 9.59 Å². The standard InChI is InChI=1S/C10H13Br3N2O2/c1-8(3-5(8)11)6(16)14-15-7(17)9(2)4-10(9,12)13/h5H,3-4H2,1-2H3,(H,14,16)(H,15,17)/t5-,8+,9+/m0/s1. The van der Waals surface area contributed by atoms with Crippen LogP contribution in [0.5, 0.6) is 0 Å². The average Bonchev–Trinajstić information content (AvgIpc) is 2.99. The smallest absolute Gasteiger partial charge is 0.246 e. The summed E-state index contributed by atoms with van der Waals surface area (Å²) in [5.74, 6) is -0.332. The van der Waals surface area contributed by atoms with E-state index in [1.165, 1.54) is 0 Å². The van der Waals surface area contributed by atoms with Gasteiger partial charge in [0.2, 0.25) is 11.8 Å². The second kappa shape index (κ2) is 3.93. The number of hydrogen-bond donors (Lipinski definition) is 2. The molecule has 0 heterocycles.